The lowest BCUT2D eigenvalue weighted by atomic mass is 10.0. The number of nitrogens with zero attached hydrogens (tertiary/aromatic N) is 2. The molecule has 0 saturated carbocycles. The Balaban J connectivity index is 1.42. The van der Waals surface area contributed by atoms with Crippen molar-refractivity contribution in [3.63, 3.8) is 0 Å². The minimum absolute atomic E-state index is 0.194. The van der Waals surface area contributed by atoms with E-state index in [1.54, 1.807) is 38.3 Å². The fourth-order valence-electron chi connectivity index (χ4n) is 2.96. The Bertz CT molecular complexity index is 1170. The molecule has 7 heteroatoms. The number of benzene rings is 3. The zero-order valence-corrected chi connectivity index (χ0v) is 16.9. The number of ether oxygens (including phenoxy) is 2. The highest BCUT2D eigenvalue weighted by molar-refractivity contribution is 6.08. The molecule has 0 bridgehead atoms. The number of methoxy groups -OCH3 is 1. The molecule has 1 atom stereocenters. The highest BCUT2D eigenvalue weighted by Crippen LogP contribution is 2.26. The van der Waals surface area contributed by atoms with Gasteiger partial charge in [0, 0.05) is 16.7 Å². The Kier molecular flexibility index (Phi) is 5.75. The van der Waals surface area contributed by atoms with Crippen molar-refractivity contribution >= 4 is 5.78 Å². The van der Waals surface area contributed by atoms with Gasteiger partial charge in [-0.1, -0.05) is 0 Å². The van der Waals surface area contributed by atoms with Gasteiger partial charge in [-0.25, -0.2) is 4.39 Å². The fraction of sp³-hybridized carbons (Fsp3) is 0.125. The third-order valence-corrected chi connectivity index (χ3v) is 4.66. The summed E-state index contributed by atoms with van der Waals surface area (Å²) in [6.07, 6.45) is -0.488. The van der Waals surface area contributed by atoms with Crippen molar-refractivity contribution in [1.29, 1.82) is 0 Å². The number of rotatable bonds is 7. The molecule has 31 heavy (non-hydrogen) atoms. The third kappa shape index (κ3) is 4.61. The van der Waals surface area contributed by atoms with E-state index in [-0.39, 0.29) is 11.6 Å². The third-order valence-electron chi connectivity index (χ3n) is 4.66. The molecule has 0 N–H and O–H groups in total. The van der Waals surface area contributed by atoms with Crippen molar-refractivity contribution < 1.29 is 23.1 Å². The molecule has 0 aliphatic heterocycles. The number of aromatic nitrogens is 2. The van der Waals surface area contributed by atoms with E-state index in [0.717, 1.165) is 11.3 Å². The van der Waals surface area contributed by atoms with E-state index in [0.29, 0.717) is 28.7 Å². The van der Waals surface area contributed by atoms with Crippen LogP contribution in [-0.2, 0) is 0 Å². The second kappa shape index (κ2) is 8.79. The van der Waals surface area contributed by atoms with Crippen LogP contribution < -0.4 is 9.47 Å². The summed E-state index contributed by atoms with van der Waals surface area (Å²) in [6.45, 7) is 1.79. The monoisotopic (exact) mass is 418 g/mol. The topological polar surface area (TPSA) is 74.5 Å². The number of carbonyl (C=O) groups is 1. The van der Waals surface area contributed by atoms with E-state index in [4.69, 9.17) is 13.9 Å². The molecule has 4 aromatic rings. The van der Waals surface area contributed by atoms with Gasteiger partial charge in [-0.05, 0) is 79.7 Å². The Morgan fingerprint density at radius 3 is 2.06 bits per heavy atom. The average molecular weight is 418 g/mol. The molecule has 6 nitrogen and oxygen atoms in total. The second-order valence-electron chi connectivity index (χ2n) is 6.79. The maximum atomic E-state index is 13.0. The summed E-state index contributed by atoms with van der Waals surface area (Å²) in [6, 6.07) is 19.4. The predicted octanol–water partition coefficient (Wildman–Crippen LogP) is 5.26. The molecule has 156 valence electrons. The lowest BCUT2D eigenvalue weighted by Gasteiger charge is -2.11. The Morgan fingerprint density at radius 1 is 0.871 bits per heavy atom. The van der Waals surface area contributed by atoms with Crippen LogP contribution in [0, 0.1) is 5.82 Å². The highest BCUT2D eigenvalue weighted by atomic mass is 19.1. The van der Waals surface area contributed by atoms with E-state index in [9.17, 15) is 9.18 Å². The standard InChI is InChI=1S/C24H19FN2O4/c1-15(23-26-27-24(31-23)18-7-11-20(29-2)12-8-18)30-21-13-5-17(6-14-21)22(28)16-3-9-19(25)10-4-16/h3-15H,1-2H3/t15-/m1/s1. The van der Waals surface area contributed by atoms with Crippen LogP contribution in [0.4, 0.5) is 4.39 Å². The number of hydrogen-bond donors (Lipinski definition) is 0. The Morgan fingerprint density at radius 2 is 1.45 bits per heavy atom. The van der Waals surface area contributed by atoms with Gasteiger partial charge in [-0.3, -0.25) is 4.79 Å². The van der Waals surface area contributed by atoms with Crippen LogP contribution in [0.15, 0.2) is 77.2 Å². The van der Waals surface area contributed by atoms with Crippen LogP contribution in [0.2, 0.25) is 0 Å². The first-order valence-electron chi connectivity index (χ1n) is 9.58. The lowest BCUT2D eigenvalue weighted by Crippen LogP contribution is -2.05. The van der Waals surface area contributed by atoms with Gasteiger partial charge >= 0.3 is 0 Å². The van der Waals surface area contributed by atoms with Gasteiger partial charge in [0.05, 0.1) is 7.11 Å². The molecular formula is C24H19FN2O4. The summed E-state index contributed by atoms with van der Waals surface area (Å²) in [5.41, 5.74) is 1.67. The molecule has 1 heterocycles. The van der Waals surface area contributed by atoms with Gasteiger partial charge in [0.2, 0.25) is 5.89 Å². The minimum atomic E-state index is -0.488. The second-order valence-corrected chi connectivity index (χ2v) is 6.79. The van der Waals surface area contributed by atoms with E-state index >= 15 is 0 Å². The summed E-state index contributed by atoms with van der Waals surface area (Å²) < 4.78 is 29.8. The summed E-state index contributed by atoms with van der Waals surface area (Å²) in [7, 11) is 1.60. The van der Waals surface area contributed by atoms with Crippen molar-refractivity contribution in [3.05, 3.63) is 95.6 Å². The van der Waals surface area contributed by atoms with E-state index < -0.39 is 6.10 Å². The SMILES string of the molecule is COc1ccc(-c2nnc([C@@H](C)Oc3ccc(C(=O)c4ccc(F)cc4)cc3)o2)cc1. The van der Waals surface area contributed by atoms with Crippen LogP contribution in [-0.4, -0.2) is 23.1 Å². The fourth-order valence-corrected chi connectivity index (χ4v) is 2.96. The molecule has 0 saturated heterocycles. The molecule has 0 spiro atoms. The van der Waals surface area contributed by atoms with Gasteiger partial charge in [-0.15, -0.1) is 10.2 Å². The molecule has 0 aliphatic rings. The molecule has 1 aromatic heterocycles. The van der Waals surface area contributed by atoms with E-state index in [2.05, 4.69) is 10.2 Å². The van der Waals surface area contributed by atoms with Crippen molar-refractivity contribution in [3.8, 4) is 23.0 Å². The van der Waals surface area contributed by atoms with Crippen LogP contribution in [0.25, 0.3) is 11.5 Å². The molecule has 0 fully saturated rings. The molecule has 3 aromatic carbocycles. The summed E-state index contributed by atoms with van der Waals surface area (Å²) in [5, 5.41) is 8.14. The van der Waals surface area contributed by atoms with Crippen LogP contribution in [0.1, 0.15) is 34.8 Å². The largest absolute Gasteiger partial charge is 0.497 e. The highest BCUT2D eigenvalue weighted by Gasteiger charge is 2.17. The molecule has 0 amide bonds. The summed E-state index contributed by atoms with van der Waals surface area (Å²) >= 11 is 0. The first kappa shape index (κ1) is 20.3. The molecule has 0 unspecified atom stereocenters. The normalized spacial score (nSPS) is 11.7. The number of halogens is 1. The lowest BCUT2D eigenvalue weighted by molar-refractivity contribution is 0.103. The zero-order chi connectivity index (χ0) is 21.8. The molecule has 0 aliphatic carbocycles. The predicted molar refractivity (Wildman–Crippen MR) is 112 cm³/mol. The van der Waals surface area contributed by atoms with Gasteiger partial charge in [0.15, 0.2) is 11.9 Å². The van der Waals surface area contributed by atoms with Crippen LogP contribution in [0.5, 0.6) is 11.5 Å². The summed E-state index contributed by atoms with van der Waals surface area (Å²) in [5.74, 6) is 1.42. The Hall–Kier alpha value is -4.00. The number of carbonyl (C=O) groups excluding carboxylic acids is 1. The average Bonchev–Trinajstić information content (AvgIpc) is 3.30. The van der Waals surface area contributed by atoms with Crippen molar-refractivity contribution in [2.45, 2.75) is 13.0 Å². The van der Waals surface area contributed by atoms with Gasteiger partial charge < -0.3 is 13.9 Å². The van der Waals surface area contributed by atoms with Crippen molar-refractivity contribution in [2.75, 3.05) is 7.11 Å². The zero-order valence-electron chi connectivity index (χ0n) is 16.9. The first-order valence-corrected chi connectivity index (χ1v) is 9.58. The maximum Gasteiger partial charge on any atom is 0.257 e. The quantitative estimate of drug-likeness (QED) is 0.381. The van der Waals surface area contributed by atoms with Crippen LogP contribution in [0.3, 0.4) is 0 Å². The number of ketones is 1. The molecular weight excluding hydrogens is 399 g/mol. The number of hydrogen-bond acceptors (Lipinski definition) is 6. The smallest absolute Gasteiger partial charge is 0.257 e. The van der Waals surface area contributed by atoms with Gasteiger partial charge in [0.1, 0.15) is 17.3 Å². The molecule has 4 rings (SSSR count). The maximum absolute atomic E-state index is 13.0. The van der Waals surface area contributed by atoms with Crippen LogP contribution >= 0.6 is 0 Å². The minimum Gasteiger partial charge on any atom is -0.497 e. The van der Waals surface area contributed by atoms with Crippen molar-refractivity contribution in [1.82, 2.24) is 10.2 Å². The van der Waals surface area contributed by atoms with Gasteiger partial charge in [-0.2, -0.15) is 0 Å². The van der Waals surface area contributed by atoms with Crippen molar-refractivity contribution in [2.24, 2.45) is 0 Å². The summed E-state index contributed by atoms with van der Waals surface area (Å²) in [4.78, 5) is 12.5. The molecule has 0 radical (unpaired) electrons. The van der Waals surface area contributed by atoms with Gasteiger partial charge in [0.25, 0.3) is 5.89 Å². The van der Waals surface area contributed by atoms with E-state index in [1.165, 1.54) is 24.3 Å². The first-order chi connectivity index (χ1) is 15.0. The van der Waals surface area contributed by atoms with E-state index in [1.807, 2.05) is 24.3 Å². The Labute approximate surface area is 178 Å².